The maximum Gasteiger partial charge on any atom is 0.271 e. The van der Waals surface area contributed by atoms with Crippen LogP contribution < -0.4 is 14.8 Å². The summed E-state index contributed by atoms with van der Waals surface area (Å²) in [7, 11) is -2.76. The highest BCUT2D eigenvalue weighted by Crippen LogP contribution is 2.41. The summed E-state index contributed by atoms with van der Waals surface area (Å²) in [5.74, 6) is 0.210. The van der Waals surface area contributed by atoms with Gasteiger partial charge in [-0.25, -0.2) is 13.4 Å². The molecule has 1 fully saturated rings. The Balaban J connectivity index is 1.49. The predicted octanol–water partition coefficient (Wildman–Crippen LogP) is 3.99. The Hall–Kier alpha value is -3.51. The van der Waals surface area contributed by atoms with Crippen LogP contribution in [0, 0.1) is 10.1 Å². The van der Waals surface area contributed by atoms with Crippen LogP contribution in [0.3, 0.4) is 0 Å². The largest absolute Gasteiger partial charge is 0.495 e. The zero-order valence-corrected chi connectivity index (χ0v) is 18.4. The summed E-state index contributed by atoms with van der Waals surface area (Å²) in [6, 6.07) is 8.89. The number of thiazole rings is 1. The topological polar surface area (TPSA) is 141 Å². The molecule has 4 rings (SSSR count). The molecule has 0 atom stereocenters. The number of nitro groups is 1. The van der Waals surface area contributed by atoms with E-state index in [1.807, 2.05) is 5.38 Å². The Morgan fingerprint density at radius 3 is 2.56 bits per heavy atom. The van der Waals surface area contributed by atoms with Crippen molar-refractivity contribution in [1.82, 2.24) is 4.98 Å². The first-order valence-electron chi connectivity index (χ1n) is 9.49. The van der Waals surface area contributed by atoms with E-state index in [0.29, 0.717) is 11.0 Å². The first-order valence-corrected chi connectivity index (χ1v) is 11.8. The van der Waals surface area contributed by atoms with Gasteiger partial charge in [0.25, 0.3) is 21.6 Å². The molecule has 0 unspecified atom stereocenters. The van der Waals surface area contributed by atoms with Crippen LogP contribution in [0.1, 0.15) is 34.8 Å². The number of nitrogens with one attached hydrogen (secondary N) is 2. The number of non-ortho nitro benzene ring substituents is 1. The number of carbonyl (C=O) groups is 1. The molecular weight excluding hydrogens is 456 g/mol. The maximum absolute atomic E-state index is 12.8. The zero-order valence-electron chi connectivity index (χ0n) is 16.8. The fourth-order valence-corrected chi connectivity index (χ4v) is 4.81. The fourth-order valence-electron chi connectivity index (χ4n) is 2.96. The van der Waals surface area contributed by atoms with Gasteiger partial charge in [0.1, 0.15) is 5.75 Å². The number of methoxy groups -OCH3 is 1. The first-order chi connectivity index (χ1) is 15.3. The summed E-state index contributed by atoms with van der Waals surface area (Å²) in [5.41, 5.74) is 0.885. The van der Waals surface area contributed by atoms with Gasteiger partial charge in [-0.3, -0.25) is 24.9 Å². The lowest BCUT2D eigenvalue weighted by Crippen LogP contribution is -2.15. The van der Waals surface area contributed by atoms with Crippen molar-refractivity contribution in [2.45, 2.75) is 23.7 Å². The lowest BCUT2D eigenvalue weighted by Gasteiger charge is -2.12. The van der Waals surface area contributed by atoms with Crippen LogP contribution in [0.2, 0.25) is 0 Å². The quantitative estimate of drug-likeness (QED) is 0.371. The van der Waals surface area contributed by atoms with Crippen molar-refractivity contribution in [3.05, 3.63) is 69.2 Å². The minimum atomic E-state index is -4.08. The molecule has 2 N–H and O–H groups in total. The van der Waals surface area contributed by atoms with E-state index in [1.54, 1.807) is 0 Å². The molecule has 3 aromatic rings. The van der Waals surface area contributed by atoms with Gasteiger partial charge in [-0.2, -0.15) is 0 Å². The summed E-state index contributed by atoms with van der Waals surface area (Å²) in [6.07, 6.45) is 2.23. The SMILES string of the molecule is COc1ccc([N+](=O)[O-])cc1NS(=O)(=O)c1ccc(C(=O)Nc2nc(C3CC3)cs2)cc1. The molecule has 0 bridgehead atoms. The van der Waals surface area contributed by atoms with E-state index < -0.39 is 20.9 Å². The van der Waals surface area contributed by atoms with Gasteiger partial charge in [0.05, 0.1) is 28.3 Å². The number of rotatable bonds is 8. The van der Waals surface area contributed by atoms with Gasteiger partial charge in [0, 0.05) is 29.0 Å². The highest BCUT2D eigenvalue weighted by atomic mass is 32.2. The van der Waals surface area contributed by atoms with Crippen LogP contribution >= 0.6 is 11.3 Å². The molecule has 1 aliphatic carbocycles. The summed E-state index contributed by atoms with van der Waals surface area (Å²) in [6.45, 7) is 0. The van der Waals surface area contributed by atoms with Crippen molar-refractivity contribution >= 4 is 43.8 Å². The van der Waals surface area contributed by atoms with Gasteiger partial charge in [-0.1, -0.05) is 0 Å². The second-order valence-electron chi connectivity index (χ2n) is 7.08. The van der Waals surface area contributed by atoms with Gasteiger partial charge >= 0.3 is 0 Å². The molecule has 0 radical (unpaired) electrons. The maximum atomic E-state index is 12.8. The average molecular weight is 475 g/mol. The molecule has 1 aromatic heterocycles. The number of benzene rings is 2. The van der Waals surface area contributed by atoms with Gasteiger partial charge in [-0.05, 0) is 43.2 Å². The third kappa shape index (κ3) is 4.70. The number of aromatic nitrogens is 1. The Morgan fingerprint density at radius 2 is 1.94 bits per heavy atom. The highest BCUT2D eigenvalue weighted by Gasteiger charge is 2.26. The number of anilines is 2. The fraction of sp³-hybridized carbons (Fsp3) is 0.200. The summed E-state index contributed by atoms with van der Waals surface area (Å²) < 4.78 is 32.9. The summed E-state index contributed by atoms with van der Waals surface area (Å²) in [5, 5.41) is 16.1. The Morgan fingerprint density at radius 1 is 1.22 bits per heavy atom. The lowest BCUT2D eigenvalue weighted by molar-refractivity contribution is -0.384. The standard InChI is InChI=1S/C20H18N4O6S2/c1-30-18-9-6-14(24(26)27)10-16(18)23-32(28,29)15-7-4-13(5-8-15)19(25)22-20-21-17(11-31-20)12-2-3-12/h4-12,23H,2-3H2,1H3,(H,21,22,25). The first kappa shape index (κ1) is 21.7. The molecule has 1 aliphatic rings. The monoisotopic (exact) mass is 474 g/mol. The van der Waals surface area contributed by atoms with Gasteiger partial charge in [0.15, 0.2) is 5.13 Å². The molecule has 0 aliphatic heterocycles. The molecule has 166 valence electrons. The van der Waals surface area contributed by atoms with Crippen LogP contribution in [0.4, 0.5) is 16.5 Å². The van der Waals surface area contributed by atoms with Crippen LogP contribution in [-0.4, -0.2) is 31.3 Å². The van der Waals surface area contributed by atoms with E-state index in [1.165, 1.54) is 54.8 Å². The van der Waals surface area contributed by atoms with Crippen LogP contribution in [-0.2, 0) is 10.0 Å². The Labute approximate surface area is 187 Å². The number of sulfonamides is 1. The molecule has 1 amide bonds. The van der Waals surface area contributed by atoms with E-state index in [9.17, 15) is 23.3 Å². The Bertz CT molecular complexity index is 1280. The molecule has 1 saturated carbocycles. The van der Waals surface area contributed by atoms with E-state index >= 15 is 0 Å². The minimum Gasteiger partial charge on any atom is -0.495 e. The number of nitrogens with zero attached hydrogens (tertiary/aromatic N) is 2. The molecule has 12 heteroatoms. The van der Waals surface area contributed by atoms with Crippen molar-refractivity contribution < 1.29 is 22.9 Å². The lowest BCUT2D eigenvalue weighted by atomic mass is 10.2. The number of ether oxygens (including phenoxy) is 1. The Kier molecular flexibility index (Phi) is 5.80. The van der Waals surface area contributed by atoms with E-state index in [2.05, 4.69) is 15.0 Å². The number of nitro benzene ring substituents is 1. The van der Waals surface area contributed by atoms with E-state index in [0.717, 1.165) is 24.6 Å². The molecule has 0 spiro atoms. The second kappa shape index (κ2) is 8.55. The van der Waals surface area contributed by atoms with Crippen LogP contribution in [0.15, 0.2) is 52.7 Å². The average Bonchev–Trinajstić information content (AvgIpc) is 3.52. The van der Waals surface area contributed by atoms with Crippen LogP contribution in [0.5, 0.6) is 5.75 Å². The van der Waals surface area contributed by atoms with Crippen molar-refractivity contribution in [3.8, 4) is 5.75 Å². The van der Waals surface area contributed by atoms with Crippen molar-refractivity contribution in [3.63, 3.8) is 0 Å². The third-order valence-corrected chi connectivity index (χ3v) is 6.96. The molecule has 0 saturated heterocycles. The smallest absolute Gasteiger partial charge is 0.271 e. The predicted molar refractivity (Wildman–Crippen MR) is 119 cm³/mol. The van der Waals surface area contributed by atoms with Gasteiger partial charge < -0.3 is 4.74 Å². The highest BCUT2D eigenvalue weighted by molar-refractivity contribution is 7.92. The molecule has 10 nitrogen and oxygen atoms in total. The summed E-state index contributed by atoms with van der Waals surface area (Å²) >= 11 is 1.35. The molecule has 32 heavy (non-hydrogen) atoms. The minimum absolute atomic E-state index is 0.0706. The van der Waals surface area contributed by atoms with Gasteiger partial charge in [-0.15, -0.1) is 11.3 Å². The number of hydrogen-bond acceptors (Lipinski definition) is 8. The van der Waals surface area contributed by atoms with Crippen molar-refractivity contribution in [1.29, 1.82) is 0 Å². The van der Waals surface area contributed by atoms with Crippen molar-refractivity contribution in [2.75, 3.05) is 17.1 Å². The third-order valence-electron chi connectivity index (χ3n) is 4.80. The molecule has 2 aromatic carbocycles. The van der Waals surface area contributed by atoms with Crippen molar-refractivity contribution in [2.24, 2.45) is 0 Å². The number of amides is 1. The number of carbonyl (C=O) groups excluding carboxylic acids is 1. The number of hydrogen-bond donors (Lipinski definition) is 2. The molecular formula is C20H18N4O6S2. The van der Waals surface area contributed by atoms with E-state index in [-0.39, 0.29) is 27.6 Å². The summed E-state index contributed by atoms with van der Waals surface area (Å²) in [4.78, 5) is 27.1. The normalized spacial score (nSPS) is 13.4. The zero-order chi connectivity index (χ0) is 22.9. The molecule has 1 heterocycles. The van der Waals surface area contributed by atoms with Crippen LogP contribution in [0.25, 0.3) is 0 Å². The van der Waals surface area contributed by atoms with Gasteiger partial charge in [0.2, 0.25) is 0 Å². The van der Waals surface area contributed by atoms with E-state index in [4.69, 9.17) is 4.74 Å². The second-order valence-corrected chi connectivity index (χ2v) is 9.62.